The number of carboxylic acids is 2. The molecule has 4 N–H and O–H groups in total. The third kappa shape index (κ3) is 6.09. The van der Waals surface area contributed by atoms with Crippen LogP contribution in [0.3, 0.4) is 0 Å². The molecule has 0 aromatic heterocycles. The van der Waals surface area contributed by atoms with Crippen molar-refractivity contribution in [1.82, 2.24) is 15.5 Å². The second kappa shape index (κ2) is 9.54. The fourth-order valence-electron chi connectivity index (χ4n) is 4.18. The molecule has 2 amide bonds. The van der Waals surface area contributed by atoms with Crippen LogP contribution < -0.4 is 10.6 Å². The Morgan fingerprint density at radius 1 is 1.13 bits per heavy atom. The van der Waals surface area contributed by atoms with Gasteiger partial charge in [0.1, 0.15) is 6.54 Å². The maximum Gasteiger partial charge on any atom is 0.490 e. The molecule has 0 unspecified atom stereocenters. The molecule has 1 saturated heterocycles. The van der Waals surface area contributed by atoms with Gasteiger partial charge in [-0.05, 0) is 37.8 Å². The van der Waals surface area contributed by atoms with E-state index in [0.29, 0.717) is 6.54 Å². The van der Waals surface area contributed by atoms with Crippen LogP contribution in [0.25, 0.3) is 0 Å². The van der Waals surface area contributed by atoms with Crippen molar-refractivity contribution >= 4 is 18.0 Å². The van der Waals surface area contributed by atoms with Gasteiger partial charge in [-0.1, -0.05) is 37.3 Å². The minimum atomic E-state index is -5.08. The van der Waals surface area contributed by atoms with Crippen molar-refractivity contribution in [1.29, 1.82) is 0 Å². The summed E-state index contributed by atoms with van der Waals surface area (Å²) in [4.78, 5) is 33.3. The molecule has 11 heteroatoms. The van der Waals surface area contributed by atoms with Crippen LogP contribution in [0, 0.1) is 0 Å². The maximum atomic E-state index is 12.1. The normalized spacial score (nSPS) is 25.5. The zero-order valence-electron chi connectivity index (χ0n) is 17.0. The second-order valence-corrected chi connectivity index (χ2v) is 7.74. The molecular formula is C20H26F3N3O5. The molecule has 1 aromatic rings. The highest BCUT2D eigenvalue weighted by Crippen LogP contribution is 2.43. The van der Waals surface area contributed by atoms with Gasteiger partial charge < -0.3 is 25.7 Å². The Balaban J connectivity index is 0.000000423. The van der Waals surface area contributed by atoms with Gasteiger partial charge >= 0.3 is 24.1 Å². The van der Waals surface area contributed by atoms with Gasteiger partial charge in [0, 0.05) is 12.1 Å². The molecule has 2 aliphatic rings. The molecule has 31 heavy (non-hydrogen) atoms. The summed E-state index contributed by atoms with van der Waals surface area (Å²) in [6, 6.07) is 10.2. The lowest BCUT2D eigenvalue weighted by molar-refractivity contribution is -0.192. The van der Waals surface area contributed by atoms with Crippen molar-refractivity contribution in [2.24, 2.45) is 0 Å². The molecule has 0 atom stereocenters. The number of carboxylic acid groups (broad SMARTS) is 2. The summed E-state index contributed by atoms with van der Waals surface area (Å²) in [6.07, 6.45) is -1.55. The Kier molecular flexibility index (Phi) is 7.53. The Morgan fingerprint density at radius 2 is 1.68 bits per heavy atom. The van der Waals surface area contributed by atoms with Crippen LogP contribution in [0.2, 0.25) is 0 Å². The first-order chi connectivity index (χ1) is 14.4. The first-order valence-electron chi connectivity index (χ1n) is 9.83. The Bertz CT molecular complexity index is 793. The van der Waals surface area contributed by atoms with Crippen molar-refractivity contribution in [2.75, 3.05) is 19.6 Å². The van der Waals surface area contributed by atoms with E-state index >= 15 is 0 Å². The van der Waals surface area contributed by atoms with Gasteiger partial charge in [-0.2, -0.15) is 13.2 Å². The fraction of sp³-hybridized carbons (Fsp3) is 0.550. The van der Waals surface area contributed by atoms with Crippen LogP contribution in [0.15, 0.2) is 30.3 Å². The summed E-state index contributed by atoms with van der Waals surface area (Å²) in [5, 5.41) is 22.8. The number of rotatable bonds is 5. The SMILES string of the molecule is CCNC1(c2ccccc2)CCC2(CC1)CN(CC(=O)O)C(=O)N2.O=C(O)C(F)(F)F. The molecule has 1 aliphatic heterocycles. The molecule has 2 fully saturated rings. The van der Waals surface area contributed by atoms with E-state index in [0.717, 1.165) is 32.2 Å². The first kappa shape index (κ1) is 24.4. The monoisotopic (exact) mass is 445 g/mol. The molecule has 0 bridgehead atoms. The van der Waals surface area contributed by atoms with E-state index in [2.05, 4.69) is 41.8 Å². The number of carbonyl (C=O) groups excluding carboxylic acids is 1. The minimum Gasteiger partial charge on any atom is -0.480 e. The van der Waals surface area contributed by atoms with Gasteiger partial charge in [-0.25, -0.2) is 9.59 Å². The highest BCUT2D eigenvalue weighted by molar-refractivity contribution is 5.82. The van der Waals surface area contributed by atoms with Crippen LogP contribution in [0.4, 0.5) is 18.0 Å². The number of nitrogens with one attached hydrogen (secondary N) is 2. The number of nitrogens with zero attached hydrogens (tertiary/aromatic N) is 1. The van der Waals surface area contributed by atoms with Gasteiger partial charge in [0.25, 0.3) is 0 Å². The van der Waals surface area contributed by atoms with Crippen molar-refractivity contribution in [3.8, 4) is 0 Å². The smallest absolute Gasteiger partial charge is 0.480 e. The molecule has 8 nitrogen and oxygen atoms in total. The summed E-state index contributed by atoms with van der Waals surface area (Å²) in [5.74, 6) is -3.73. The average Bonchev–Trinajstić information content (AvgIpc) is 2.99. The standard InChI is InChI=1S/C18H25N3O3.C2HF3O2/c1-2-19-18(14-6-4-3-5-7-14)10-8-17(9-11-18)13-21(12-15(22)23)16(24)20-17;3-2(4,5)1(6)7/h3-7,19H,2,8-13H2,1H3,(H,20,24)(H,22,23);(H,6,7). The van der Waals surface area contributed by atoms with Crippen LogP contribution in [-0.4, -0.2) is 64.4 Å². The quantitative estimate of drug-likeness (QED) is 0.553. The van der Waals surface area contributed by atoms with E-state index in [9.17, 15) is 22.8 Å². The van der Waals surface area contributed by atoms with Crippen molar-refractivity contribution in [3.05, 3.63) is 35.9 Å². The maximum absolute atomic E-state index is 12.1. The highest BCUT2D eigenvalue weighted by atomic mass is 19.4. The van der Waals surface area contributed by atoms with E-state index < -0.39 is 18.1 Å². The predicted molar refractivity (Wildman–Crippen MR) is 104 cm³/mol. The molecule has 1 aliphatic carbocycles. The summed E-state index contributed by atoms with van der Waals surface area (Å²) in [6.45, 7) is 3.25. The molecule has 0 radical (unpaired) electrons. The van der Waals surface area contributed by atoms with Crippen molar-refractivity contribution in [3.63, 3.8) is 0 Å². The lowest BCUT2D eigenvalue weighted by atomic mass is 9.69. The predicted octanol–water partition coefficient (Wildman–Crippen LogP) is 2.55. The van der Waals surface area contributed by atoms with Gasteiger partial charge in [-0.15, -0.1) is 0 Å². The average molecular weight is 445 g/mol. The summed E-state index contributed by atoms with van der Waals surface area (Å²) in [5.41, 5.74) is 0.931. The van der Waals surface area contributed by atoms with E-state index in [1.54, 1.807) is 0 Å². The zero-order chi connectivity index (χ0) is 23.3. The Hall–Kier alpha value is -2.82. The topological polar surface area (TPSA) is 119 Å². The van der Waals surface area contributed by atoms with Crippen LogP contribution in [-0.2, 0) is 15.1 Å². The molecule has 3 rings (SSSR count). The summed E-state index contributed by atoms with van der Waals surface area (Å²) in [7, 11) is 0. The molecular weight excluding hydrogens is 419 g/mol. The summed E-state index contributed by atoms with van der Waals surface area (Å²) >= 11 is 0. The molecule has 1 heterocycles. The number of urea groups is 1. The number of amides is 2. The van der Waals surface area contributed by atoms with Gasteiger partial charge in [0.05, 0.1) is 5.54 Å². The number of benzene rings is 1. The van der Waals surface area contributed by atoms with E-state index in [4.69, 9.17) is 15.0 Å². The lowest BCUT2D eigenvalue weighted by Gasteiger charge is -2.45. The Morgan fingerprint density at radius 3 is 2.13 bits per heavy atom. The molecule has 1 spiro atoms. The number of aliphatic carboxylic acids is 2. The summed E-state index contributed by atoms with van der Waals surface area (Å²) < 4.78 is 31.7. The van der Waals surface area contributed by atoms with Crippen molar-refractivity contribution < 1.29 is 37.8 Å². The van der Waals surface area contributed by atoms with E-state index in [-0.39, 0.29) is 23.7 Å². The number of halogens is 3. The highest BCUT2D eigenvalue weighted by Gasteiger charge is 2.49. The van der Waals surface area contributed by atoms with Crippen LogP contribution in [0.1, 0.15) is 38.2 Å². The van der Waals surface area contributed by atoms with E-state index in [1.165, 1.54) is 10.5 Å². The number of carbonyl (C=O) groups is 3. The molecule has 1 aromatic carbocycles. The third-order valence-electron chi connectivity index (χ3n) is 5.62. The minimum absolute atomic E-state index is 0.0633. The molecule has 172 valence electrons. The van der Waals surface area contributed by atoms with Gasteiger partial charge in [0.2, 0.25) is 0 Å². The number of hydrogen-bond donors (Lipinski definition) is 4. The molecule has 1 saturated carbocycles. The largest absolute Gasteiger partial charge is 0.490 e. The second-order valence-electron chi connectivity index (χ2n) is 7.74. The lowest BCUT2D eigenvalue weighted by Crippen LogP contribution is -2.54. The number of alkyl halides is 3. The van der Waals surface area contributed by atoms with Crippen LogP contribution in [0.5, 0.6) is 0 Å². The zero-order valence-corrected chi connectivity index (χ0v) is 17.0. The van der Waals surface area contributed by atoms with E-state index in [1.807, 2.05) is 6.07 Å². The third-order valence-corrected chi connectivity index (χ3v) is 5.62. The fourth-order valence-corrected chi connectivity index (χ4v) is 4.18. The van der Waals surface area contributed by atoms with Gasteiger partial charge in [-0.3, -0.25) is 4.79 Å². The van der Waals surface area contributed by atoms with Crippen molar-refractivity contribution in [2.45, 2.75) is 49.9 Å². The number of hydrogen-bond acceptors (Lipinski definition) is 4. The Labute approximate surface area is 177 Å². The van der Waals surface area contributed by atoms with Crippen LogP contribution >= 0.6 is 0 Å². The first-order valence-corrected chi connectivity index (χ1v) is 9.83. The van der Waals surface area contributed by atoms with Gasteiger partial charge in [0.15, 0.2) is 0 Å².